The van der Waals surface area contributed by atoms with E-state index in [1.54, 1.807) is 0 Å². The first kappa shape index (κ1) is 9.78. The Bertz CT molecular complexity index is 174. The average molecular weight is 194 g/mol. The van der Waals surface area contributed by atoms with Gasteiger partial charge in [-0.2, -0.15) is 0 Å². The number of halogens is 2. The summed E-state index contributed by atoms with van der Waals surface area (Å²) in [6.07, 6.45) is 2.02. The van der Waals surface area contributed by atoms with Crippen molar-refractivity contribution in [2.45, 2.75) is 25.4 Å². The van der Waals surface area contributed by atoms with Crippen LogP contribution in [0.2, 0.25) is 0 Å². The monoisotopic (exact) mass is 193 g/mol. The van der Waals surface area contributed by atoms with Crippen LogP contribution in [-0.2, 0) is 4.79 Å². The molecule has 1 fully saturated rings. The smallest absolute Gasteiger partial charge is 0.272 e. The van der Waals surface area contributed by atoms with Crippen molar-refractivity contribution in [3.8, 4) is 0 Å². The van der Waals surface area contributed by atoms with Gasteiger partial charge in [0.05, 0.1) is 0 Å². The van der Waals surface area contributed by atoms with Crippen molar-refractivity contribution in [1.82, 2.24) is 4.90 Å². The predicted molar refractivity (Wildman–Crippen MR) is 45.7 cm³/mol. The van der Waals surface area contributed by atoms with Gasteiger partial charge in [-0.3, -0.25) is 4.79 Å². The average Bonchev–Trinajstić information content (AvgIpc) is 2.50. The lowest BCUT2D eigenvalue weighted by molar-refractivity contribution is -0.132. The van der Waals surface area contributed by atoms with E-state index in [0.29, 0.717) is 19.0 Å². The van der Waals surface area contributed by atoms with Crippen LogP contribution in [0.25, 0.3) is 0 Å². The fourth-order valence-corrected chi connectivity index (χ4v) is 1.64. The van der Waals surface area contributed by atoms with Gasteiger partial charge in [0.25, 0.3) is 11.5 Å². The van der Waals surface area contributed by atoms with Crippen LogP contribution in [0.1, 0.15) is 19.8 Å². The number of hydrogen-bond donors (Lipinski definition) is 0. The summed E-state index contributed by atoms with van der Waals surface area (Å²) in [5.74, 6) is -0.0445. The van der Waals surface area contributed by atoms with E-state index < -0.39 is 11.5 Å². The standard InChI is InChI=1S/C8H13ClFNO/c1-2-6-3-4-11(5-6)8(12)7(9)10/h6-7H,2-5H2,1H3. The molecule has 0 radical (unpaired) electrons. The van der Waals surface area contributed by atoms with Gasteiger partial charge in [-0.25, -0.2) is 4.39 Å². The molecular weight excluding hydrogens is 181 g/mol. The highest BCUT2D eigenvalue weighted by atomic mass is 35.5. The lowest BCUT2D eigenvalue weighted by Gasteiger charge is -2.15. The van der Waals surface area contributed by atoms with E-state index in [2.05, 4.69) is 6.92 Å². The summed E-state index contributed by atoms with van der Waals surface area (Å²) in [5.41, 5.74) is -1.86. The van der Waals surface area contributed by atoms with E-state index in [1.165, 1.54) is 4.90 Å². The van der Waals surface area contributed by atoms with Crippen molar-refractivity contribution in [2.75, 3.05) is 13.1 Å². The van der Waals surface area contributed by atoms with Gasteiger partial charge in [-0.15, -0.1) is 0 Å². The molecule has 0 aromatic heterocycles. The van der Waals surface area contributed by atoms with E-state index in [-0.39, 0.29) is 0 Å². The van der Waals surface area contributed by atoms with Gasteiger partial charge in [0.2, 0.25) is 0 Å². The minimum Gasteiger partial charge on any atom is -0.339 e. The molecule has 2 nitrogen and oxygen atoms in total. The zero-order chi connectivity index (χ0) is 9.14. The third-order valence-corrected chi connectivity index (χ3v) is 2.55. The van der Waals surface area contributed by atoms with Crippen LogP contribution in [0, 0.1) is 5.92 Å². The van der Waals surface area contributed by atoms with Crippen LogP contribution in [0.3, 0.4) is 0 Å². The van der Waals surface area contributed by atoms with E-state index in [0.717, 1.165) is 12.8 Å². The first-order valence-electron chi connectivity index (χ1n) is 4.22. The second kappa shape index (κ2) is 4.08. The molecular formula is C8H13ClFNO. The van der Waals surface area contributed by atoms with Crippen LogP contribution in [0.5, 0.6) is 0 Å². The van der Waals surface area contributed by atoms with E-state index in [9.17, 15) is 9.18 Å². The van der Waals surface area contributed by atoms with Gasteiger partial charge in [0.15, 0.2) is 0 Å². The SMILES string of the molecule is CCC1CCN(C(=O)C(F)Cl)C1. The normalized spacial score (nSPS) is 25.9. The van der Waals surface area contributed by atoms with Gasteiger partial charge in [-0.05, 0) is 12.3 Å². The largest absolute Gasteiger partial charge is 0.339 e. The Labute approximate surface area is 76.7 Å². The second-order valence-corrected chi connectivity index (χ2v) is 3.53. The molecule has 1 aliphatic rings. The van der Waals surface area contributed by atoms with Crippen LogP contribution in [0.15, 0.2) is 0 Å². The van der Waals surface area contributed by atoms with Crippen molar-refractivity contribution in [3.63, 3.8) is 0 Å². The maximum absolute atomic E-state index is 12.4. The fourth-order valence-electron chi connectivity index (χ4n) is 1.50. The molecule has 0 saturated carbocycles. The number of nitrogens with zero attached hydrogens (tertiary/aromatic N) is 1. The van der Waals surface area contributed by atoms with Gasteiger partial charge >= 0.3 is 0 Å². The lowest BCUT2D eigenvalue weighted by atomic mass is 10.1. The van der Waals surface area contributed by atoms with E-state index >= 15 is 0 Å². The maximum atomic E-state index is 12.4. The third kappa shape index (κ3) is 2.09. The van der Waals surface area contributed by atoms with Gasteiger partial charge in [0, 0.05) is 13.1 Å². The summed E-state index contributed by atoms with van der Waals surface area (Å²) >= 11 is 5.04. The third-order valence-electron chi connectivity index (χ3n) is 2.36. The Morgan fingerprint density at radius 2 is 2.50 bits per heavy atom. The number of carbonyl (C=O) groups is 1. The Balaban J connectivity index is 2.41. The molecule has 4 heteroatoms. The van der Waals surface area contributed by atoms with Crippen molar-refractivity contribution >= 4 is 17.5 Å². The maximum Gasteiger partial charge on any atom is 0.272 e. The molecule has 1 heterocycles. The molecule has 70 valence electrons. The lowest BCUT2D eigenvalue weighted by Crippen LogP contribution is -2.33. The second-order valence-electron chi connectivity index (χ2n) is 3.15. The number of alkyl halides is 2. The van der Waals surface area contributed by atoms with Gasteiger partial charge in [0.1, 0.15) is 0 Å². The first-order chi connectivity index (χ1) is 5.65. The summed E-state index contributed by atoms with van der Waals surface area (Å²) in [6, 6.07) is 0. The molecule has 1 rings (SSSR count). The van der Waals surface area contributed by atoms with Crippen molar-refractivity contribution in [2.24, 2.45) is 5.92 Å². The molecule has 0 aliphatic carbocycles. The molecule has 2 atom stereocenters. The molecule has 2 unspecified atom stereocenters. The van der Waals surface area contributed by atoms with Crippen molar-refractivity contribution < 1.29 is 9.18 Å². The number of hydrogen-bond acceptors (Lipinski definition) is 1. The van der Waals surface area contributed by atoms with Gasteiger partial charge < -0.3 is 4.90 Å². The number of carbonyl (C=O) groups excluding carboxylic acids is 1. The van der Waals surface area contributed by atoms with Crippen LogP contribution < -0.4 is 0 Å². The summed E-state index contributed by atoms with van der Waals surface area (Å²) in [5, 5.41) is 0. The molecule has 1 aliphatic heterocycles. The zero-order valence-corrected chi connectivity index (χ0v) is 7.85. The Hall–Kier alpha value is -0.310. The Morgan fingerprint density at radius 3 is 2.92 bits per heavy atom. The molecule has 0 aromatic rings. The summed E-state index contributed by atoms with van der Waals surface area (Å²) in [7, 11) is 0. The highest BCUT2D eigenvalue weighted by molar-refractivity contribution is 6.29. The number of amides is 1. The quantitative estimate of drug-likeness (QED) is 0.613. The summed E-state index contributed by atoms with van der Waals surface area (Å²) in [6.45, 7) is 3.40. The molecule has 0 bridgehead atoms. The highest BCUT2D eigenvalue weighted by Gasteiger charge is 2.28. The number of rotatable bonds is 2. The number of likely N-dealkylation sites (tertiary alicyclic amines) is 1. The first-order valence-corrected chi connectivity index (χ1v) is 4.65. The Kier molecular flexibility index (Phi) is 3.32. The molecule has 1 saturated heterocycles. The van der Waals surface area contributed by atoms with Crippen molar-refractivity contribution in [1.29, 1.82) is 0 Å². The van der Waals surface area contributed by atoms with Crippen LogP contribution in [0.4, 0.5) is 4.39 Å². The molecule has 0 N–H and O–H groups in total. The molecule has 1 amide bonds. The van der Waals surface area contributed by atoms with Crippen molar-refractivity contribution in [3.05, 3.63) is 0 Å². The molecule has 0 aromatic carbocycles. The Morgan fingerprint density at radius 1 is 1.83 bits per heavy atom. The highest BCUT2D eigenvalue weighted by Crippen LogP contribution is 2.20. The topological polar surface area (TPSA) is 20.3 Å². The predicted octanol–water partition coefficient (Wildman–Crippen LogP) is 1.78. The summed E-state index contributed by atoms with van der Waals surface area (Å²) in [4.78, 5) is 12.5. The van der Waals surface area contributed by atoms with E-state index in [4.69, 9.17) is 11.6 Å². The van der Waals surface area contributed by atoms with E-state index in [1.807, 2.05) is 0 Å². The van der Waals surface area contributed by atoms with Crippen LogP contribution >= 0.6 is 11.6 Å². The minimum absolute atomic E-state index is 0.532. The summed E-state index contributed by atoms with van der Waals surface area (Å²) < 4.78 is 12.4. The van der Waals surface area contributed by atoms with Crippen LogP contribution in [-0.4, -0.2) is 29.5 Å². The fraction of sp³-hybridized carbons (Fsp3) is 0.875. The molecule has 12 heavy (non-hydrogen) atoms. The van der Waals surface area contributed by atoms with Gasteiger partial charge in [-0.1, -0.05) is 24.9 Å². The zero-order valence-electron chi connectivity index (χ0n) is 7.09. The molecule has 0 spiro atoms. The minimum atomic E-state index is -1.86.